The molecule has 0 bridgehead atoms. The minimum atomic E-state index is -0.120. The molecule has 7 nitrogen and oxygen atoms in total. The van der Waals surface area contributed by atoms with Crippen LogP contribution in [-0.4, -0.2) is 58.7 Å². The summed E-state index contributed by atoms with van der Waals surface area (Å²) in [4.78, 5) is 41.5. The van der Waals surface area contributed by atoms with Crippen LogP contribution >= 0.6 is 11.8 Å². The zero-order valence-corrected chi connectivity index (χ0v) is 14.6. The van der Waals surface area contributed by atoms with Crippen molar-refractivity contribution in [2.75, 3.05) is 19.6 Å². The molecule has 3 amide bonds. The molecule has 2 heterocycles. The van der Waals surface area contributed by atoms with E-state index in [-0.39, 0.29) is 24.3 Å². The van der Waals surface area contributed by atoms with E-state index in [9.17, 15) is 14.4 Å². The maximum absolute atomic E-state index is 12.0. The molecule has 24 heavy (non-hydrogen) atoms. The van der Waals surface area contributed by atoms with Gasteiger partial charge in [-0.3, -0.25) is 19.4 Å². The molecule has 2 aliphatic heterocycles. The monoisotopic (exact) mass is 352 g/mol. The summed E-state index contributed by atoms with van der Waals surface area (Å²) in [7, 11) is 0. The van der Waals surface area contributed by atoms with Crippen molar-refractivity contribution in [3.63, 3.8) is 0 Å². The number of nitrogens with zero attached hydrogens (tertiary/aromatic N) is 2. The van der Waals surface area contributed by atoms with Gasteiger partial charge >= 0.3 is 0 Å². The number of nitrogens with one attached hydrogen (secondary N) is 2. The Morgan fingerprint density at radius 2 is 2.12 bits per heavy atom. The Kier molecular flexibility index (Phi) is 5.76. The first-order chi connectivity index (χ1) is 11.6. The first-order valence-electron chi connectivity index (χ1n) is 8.70. The van der Waals surface area contributed by atoms with E-state index in [1.54, 1.807) is 16.7 Å². The largest absolute Gasteiger partial charge is 0.353 e. The third-order valence-corrected chi connectivity index (χ3v) is 5.93. The molecule has 2 fully saturated rings. The lowest BCUT2D eigenvalue weighted by molar-refractivity contribution is -0.138. The van der Waals surface area contributed by atoms with Crippen molar-refractivity contribution in [1.29, 1.82) is 0 Å². The molecule has 8 heteroatoms. The second-order valence-corrected chi connectivity index (χ2v) is 7.74. The highest BCUT2D eigenvalue weighted by molar-refractivity contribution is 8.14. The fraction of sp³-hybridized carbons (Fsp3) is 0.750. The van der Waals surface area contributed by atoms with Gasteiger partial charge in [-0.25, -0.2) is 0 Å². The number of piperazine rings is 1. The molecule has 0 aromatic carbocycles. The van der Waals surface area contributed by atoms with Crippen molar-refractivity contribution in [3.05, 3.63) is 0 Å². The van der Waals surface area contributed by atoms with Crippen LogP contribution in [0.3, 0.4) is 0 Å². The maximum atomic E-state index is 12.0. The van der Waals surface area contributed by atoms with Crippen molar-refractivity contribution in [2.45, 2.75) is 56.2 Å². The van der Waals surface area contributed by atoms with Crippen molar-refractivity contribution in [1.82, 2.24) is 15.5 Å². The van der Waals surface area contributed by atoms with E-state index in [1.807, 2.05) is 0 Å². The zero-order chi connectivity index (χ0) is 16.9. The molecule has 0 spiro atoms. The minimum Gasteiger partial charge on any atom is -0.353 e. The molecule has 0 aromatic rings. The number of aliphatic imine (C=N–C) groups is 1. The van der Waals surface area contributed by atoms with Gasteiger partial charge in [0.05, 0.1) is 12.6 Å². The first kappa shape index (κ1) is 17.3. The number of rotatable bonds is 4. The quantitative estimate of drug-likeness (QED) is 0.777. The Bertz CT molecular complexity index is 551. The van der Waals surface area contributed by atoms with Crippen molar-refractivity contribution in [2.24, 2.45) is 4.99 Å². The van der Waals surface area contributed by atoms with Crippen LogP contribution in [0, 0.1) is 0 Å². The van der Waals surface area contributed by atoms with Gasteiger partial charge in [-0.15, -0.1) is 0 Å². The molecule has 0 radical (unpaired) electrons. The van der Waals surface area contributed by atoms with Crippen LogP contribution in [0.4, 0.5) is 0 Å². The smallest absolute Gasteiger partial charge is 0.239 e. The number of hydrogen-bond donors (Lipinski definition) is 2. The predicted molar refractivity (Wildman–Crippen MR) is 92.7 cm³/mol. The number of hydrogen-bond acceptors (Lipinski definition) is 5. The van der Waals surface area contributed by atoms with Crippen molar-refractivity contribution < 1.29 is 14.4 Å². The van der Waals surface area contributed by atoms with E-state index in [0.29, 0.717) is 43.6 Å². The van der Waals surface area contributed by atoms with Crippen LogP contribution in [0.25, 0.3) is 0 Å². The van der Waals surface area contributed by atoms with Crippen LogP contribution in [-0.2, 0) is 14.4 Å². The van der Waals surface area contributed by atoms with Gasteiger partial charge in [0.1, 0.15) is 0 Å². The van der Waals surface area contributed by atoms with E-state index in [1.165, 1.54) is 19.3 Å². The standard InChI is InChI=1S/C16H24N4O3S/c21-13(19-16-18-11-4-1-2-5-12(11)24-16)6-3-7-15(23)20-9-8-17-14(22)10-20/h11-12H,1-10H2,(H,17,22)(H,18,19,21). The molecule has 1 aliphatic carbocycles. The second kappa shape index (κ2) is 8.00. The highest BCUT2D eigenvalue weighted by Crippen LogP contribution is 2.36. The summed E-state index contributed by atoms with van der Waals surface area (Å²) < 4.78 is 0. The molecule has 2 N–H and O–H groups in total. The molecule has 1 saturated carbocycles. The van der Waals surface area contributed by atoms with Crippen LogP contribution in [0.2, 0.25) is 0 Å². The molecule has 2 atom stereocenters. The highest BCUT2D eigenvalue weighted by Gasteiger charge is 2.32. The molecular weight excluding hydrogens is 328 g/mol. The first-order valence-corrected chi connectivity index (χ1v) is 9.58. The Hall–Kier alpha value is -1.57. The third kappa shape index (κ3) is 4.49. The van der Waals surface area contributed by atoms with E-state index >= 15 is 0 Å². The lowest BCUT2D eigenvalue weighted by Crippen LogP contribution is -2.49. The minimum absolute atomic E-state index is 0.0590. The fourth-order valence-electron chi connectivity index (χ4n) is 3.34. The van der Waals surface area contributed by atoms with Crippen molar-refractivity contribution in [3.8, 4) is 0 Å². The van der Waals surface area contributed by atoms with E-state index < -0.39 is 0 Å². The van der Waals surface area contributed by atoms with Crippen LogP contribution in [0.5, 0.6) is 0 Å². The highest BCUT2D eigenvalue weighted by atomic mass is 32.2. The van der Waals surface area contributed by atoms with E-state index in [2.05, 4.69) is 15.6 Å². The molecule has 0 aromatic heterocycles. The van der Waals surface area contributed by atoms with Gasteiger partial charge in [-0.1, -0.05) is 24.6 Å². The number of fused-ring (bicyclic) bond motifs is 1. The topological polar surface area (TPSA) is 90.9 Å². The number of carbonyl (C=O) groups is 3. The van der Waals surface area contributed by atoms with E-state index in [4.69, 9.17) is 0 Å². The lowest BCUT2D eigenvalue weighted by Gasteiger charge is -2.26. The summed E-state index contributed by atoms with van der Waals surface area (Å²) in [6.07, 6.45) is 5.87. The molecule has 1 saturated heterocycles. The molecule has 3 aliphatic rings. The summed E-state index contributed by atoms with van der Waals surface area (Å²) in [5.74, 6) is -0.259. The summed E-state index contributed by atoms with van der Waals surface area (Å²) >= 11 is 1.68. The summed E-state index contributed by atoms with van der Waals surface area (Å²) in [6, 6.07) is 0.367. The third-order valence-electron chi connectivity index (χ3n) is 4.65. The van der Waals surface area contributed by atoms with E-state index in [0.717, 1.165) is 11.6 Å². The molecular formula is C16H24N4O3S. The molecule has 132 valence electrons. The average Bonchev–Trinajstić information content (AvgIpc) is 2.96. The van der Waals surface area contributed by atoms with Gasteiger partial charge < -0.3 is 15.5 Å². The average molecular weight is 352 g/mol. The number of carbonyl (C=O) groups excluding carboxylic acids is 3. The van der Waals surface area contributed by atoms with Gasteiger partial charge in [0, 0.05) is 31.2 Å². The number of thioether (sulfide) groups is 1. The lowest BCUT2D eigenvalue weighted by atomic mass is 9.96. The molecule has 2 unspecified atom stereocenters. The Morgan fingerprint density at radius 3 is 2.92 bits per heavy atom. The van der Waals surface area contributed by atoms with Gasteiger partial charge in [0.25, 0.3) is 0 Å². The fourth-order valence-corrected chi connectivity index (χ4v) is 4.63. The summed E-state index contributed by atoms with van der Waals surface area (Å²) in [6.45, 7) is 1.18. The Morgan fingerprint density at radius 1 is 1.29 bits per heavy atom. The Balaban J connectivity index is 1.35. The summed E-state index contributed by atoms with van der Waals surface area (Å²) in [5.41, 5.74) is 0. The van der Waals surface area contributed by atoms with Crippen molar-refractivity contribution >= 4 is 34.7 Å². The maximum Gasteiger partial charge on any atom is 0.239 e. The van der Waals surface area contributed by atoms with Gasteiger partial charge in [-0.2, -0.15) is 0 Å². The SMILES string of the molecule is O=C1CN(C(=O)CCCC(=O)NC2=NC3CCCCC3S2)CCN1. The van der Waals surface area contributed by atoms with Crippen LogP contribution < -0.4 is 10.6 Å². The van der Waals surface area contributed by atoms with Crippen LogP contribution in [0.1, 0.15) is 44.9 Å². The van der Waals surface area contributed by atoms with Gasteiger partial charge in [0.15, 0.2) is 5.17 Å². The van der Waals surface area contributed by atoms with Crippen LogP contribution in [0.15, 0.2) is 4.99 Å². The molecule has 3 rings (SSSR count). The number of amidine groups is 1. The summed E-state index contributed by atoms with van der Waals surface area (Å²) in [5, 5.41) is 6.85. The Labute approximate surface area is 146 Å². The number of amides is 3. The predicted octanol–water partition coefficient (Wildman–Crippen LogP) is 0.645. The normalized spacial score (nSPS) is 26.4. The zero-order valence-electron chi connectivity index (χ0n) is 13.8. The van der Waals surface area contributed by atoms with Gasteiger partial charge in [-0.05, 0) is 19.3 Å². The van der Waals surface area contributed by atoms with Gasteiger partial charge in [0.2, 0.25) is 17.7 Å². The second-order valence-electron chi connectivity index (χ2n) is 6.51.